The van der Waals surface area contributed by atoms with Gasteiger partial charge in [-0.05, 0) is 63.5 Å². The van der Waals surface area contributed by atoms with Gasteiger partial charge in [0.05, 0.1) is 0 Å². The summed E-state index contributed by atoms with van der Waals surface area (Å²) < 4.78 is 20.0. The van der Waals surface area contributed by atoms with Gasteiger partial charge < -0.3 is 9.64 Å². The fraction of sp³-hybridized carbons (Fsp3) is 0.478. The normalized spacial score (nSPS) is 25.9. The van der Waals surface area contributed by atoms with Gasteiger partial charge in [0.1, 0.15) is 17.2 Å². The summed E-state index contributed by atoms with van der Waals surface area (Å²) in [5.74, 6) is 0.851. The van der Waals surface area contributed by atoms with E-state index in [1.54, 1.807) is 12.1 Å². The molecule has 1 saturated carbocycles. The summed E-state index contributed by atoms with van der Waals surface area (Å²) in [7, 11) is 4.35. The number of fused-ring (bicyclic) bond motifs is 1. The fourth-order valence-corrected chi connectivity index (χ4v) is 4.57. The quantitative estimate of drug-likeness (QED) is 0.795. The van der Waals surface area contributed by atoms with E-state index in [4.69, 9.17) is 4.74 Å². The zero-order valence-corrected chi connectivity index (χ0v) is 16.3. The van der Waals surface area contributed by atoms with E-state index in [1.807, 2.05) is 12.1 Å². The molecule has 144 valence electrons. The second kappa shape index (κ2) is 7.61. The maximum atomic E-state index is 13.3. The van der Waals surface area contributed by atoms with E-state index in [0.717, 1.165) is 43.8 Å². The number of halogens is 1. The maximum Gasteiger partial charge on any atom is 0.124 e. The van der Waals surface area contributed by atoms with Crippen molar-refractivity contribution in [3.8, 4) is 5.75 Å². The molecular formula is C23H29FN2O. The minimum absolute atomic E-state index is 0.126. The number of hydrogen-bond acceptors (Lipinski definition) is 3. The van der Waals surface area contributed by atoms with Crippen LogP contribution in [0.4, 0.5) is 4.39 Å². The lowest BCUT2D eigenvalue weighted by Crippen LogP contribution is -2.50. The van der Waals surface area contributed by atoms with Gasteiger partial charge in [-0.2, -0.15) is 0 Å². The predicted molar refractivity (Wildman–Crippen MR) is 106 cm³/mol. The minimum Gasteiger partial charge on any atom is -0.486 e. The van der Waals surface area contributed by atoms with Crippen molar-refractivity contribution in [3.63, 3.8) is 0 Å². The Kier molecular flexibility index (Phi) is 5.20. The number of benzene rings is 2. The summed E-state index contributed by atoms with van der Waals surface area (Å²) in [5, 5.41) is 0. The molecule has 4 rings (SSSR count). The lowest BCUT2D eigenvalue weighted by atomic mass is 9.81. The van der Waals surface area contributed by atoms with Crippen molar-refractivity contribution >= 4 is 0 Å². The summed E-state index contributed by atoms with van der Waals surface area (Å²) in [5.41, 5.74) is 2.26. The number of ether oxygens (including phenoxy) is 1. The monoisotopic (exact) mass is 368 g/mol. The van der Waals surface area contributed by atoms with Crippen LogP contribution in [0.1, 0.15) is 36.8 Å². The smallest absolute Gasteiger partial charge is 0.124 e. The van der Waals surface area contributed by atoms with Crippen LogP contribution in [0.3, 0.4) is 0 Å². The van der Waals surface area contributed by atoms with Gasteiger partial charge >= 0.3 is 0 Å². The Bertz CT molecular complexity index is 766. The lowest BCUT2D eigenvalue weighted by Gasteiger charge is -2.43. The van der Waals surface area contributed by atoms with Crippen LogP contribution in [0, 0.1) is 5.82 Å². The van der Waals surface area contributed by atoms with Crippen LogP contribution >= 0.6 is 0 Å². The Hall–Kier alpha value is -1.91. The fourth-order valence-electron chi connectivity index (χ4n) is 4.57. The molecule has 0 bridgehead atoms. The van der Waals surface area contributed by atoms with Crippen LogP contribution in [-0.2, 0) is 13.1 Å². The predicted octanol–water partition coefficient (Wildman–Crippen LogP) is 4.46. The van der Waals surface area contributed by atoms with Gasteiger partial charge in [0.2, 0.25) is 0 Å². The highest BCUT2D eigenvalue weighted by molar-refractivity contribution is 5.35. The van der Waals surface area contributed by atoms with Gasteiger partial charge in [0, 0.05) is 31.2 Å². The van der Waals surface area contributed by atoms with Gasteiger partial charge in [-0.1, -0.05) is 30.3 Å². The number of rotatable bonds is 3. The Morgan fingerprint density at radius 1 is 1.07 bits per heavy atom. The summed E-state index contributed by atoms with van der Waals surface area (Å²) in [6.45, 7) is 2.60. The molecule has 2 aromatic carbocycles. The number of nitrogens with zero attached hydrogens (tertiary/aromatic N) is 2. The maximum absolute atomic E-state index is 13.3. The molecule has 4 heteroatoms. The molecule has 0 aromatic heterocycles. The third-order valence-electron chi connectivity index (χ3n) is 6.12. The van der Waals surface area contributed by atoms with Crippen molar-refractivity contribution in [3.05, 3.63) is 65.5 Å². The SMILES string of the molecule is CN(C)C1CCC2(CC1)CN(Cc1ccc(F)cc1)Cc1ccccc1O2. The van der Waals surface area contributed by atoms with Crippen molar-refractivity contribution in [1.29, 1.82) is 0 Å². The summed E-state index contributed by atoms with van der Waals surface area (Å²) in [6.07, 6.45) is 4.48. The second-order valence-corrected chi connectivity index (χ2v) is 8.36. The molecule has 1 aliphatic carbocycles. The van der Waals surface area contributed by atoms with E-state index in [9.17, 15) is 4.39 Å². The summed E-state index contributed by atoms with van der Waals surface area (Å²) in [4.78, 5) is 4.81. The van der Waals surface area contributed by atoms with E-state index in [2.05, 4.69) is 48.2 Å². The zero-order chi connectivity index (χ0) is 18.9. The standard InChI is InChI=1S/C23H29FN2O/c1-25(2)21-11-13-23(14-12-21)17-26(15-18-7-9-20(24)10-8-18)16-19-5-3-4-6-22(19)27-23/h3-10,21H,11-17H2,1-2H3. The molecular weight excluding hydrogens is 339 g/mol. The Morgan fingerprint density at radius 3 is 2.48 bits per heavy atom. The average molecular weight is 368 g/mol. The first-order valence-electron chi connectivity index (χ1n) is 9.93. The Morgan fingerprint density at radius 2 is 1.78 bits per heavy atom. The van der Waals surface area contributed by atoms with Crippen molar-refractivity contribution in [1.82, 2.24) is 9.80 Å². The van der Waals surface area contributed by atoms with Crippen molar-refractivity contribution in [2.75, 3.05) is 20.6 Å². The molecule has 2 aromatic rings. The molecule has 2 aliphatic rings. The first-order valence-corrected chi connectivity index (χ1v) is 9.93. The van der Waals surface area contributed by atoms with Crippen molar-refractivity contribution in [2.24, 2.45) is 0 Å². The molecule has 0 N–H and O–H groups in total. The molecule has 1 aliphatic heterocycles. The Balaban J connectivity index is 1.58. The van der Waals surface area contributed by atoms with Crippen LogP contribution in [0.15, 0.2) is 48.5 Å². The molecule has 27 heavy (non-hydrogen) atoms. The average Bonchev–Trinajstić information content (AvgIpc) is 2.80. The van der Waals surface area contributed by atoms with Crippen LogP contribution in [0.2, 0.25) is 0 Å². The number of hydrogen-bond donors (Lipinski definition) is 0. The lowest BCUT2D eigenvalue weighted by molar-refractivity contribution is -0.0135. The second-order valence-electron chi connectivity index (χ2n) is 8.36. The first kappa shape index (κ1) is 18.5. The highest BCUT2D eigenvalue weighted by Crippen LogP contribution is 2.39. The van der Waals surface area contributed by atoms with E-state index in [1.165, 1.54) is 18.4 Å². The molecule has 0 amide bonds. The van der Waals surface area contributed by atoms with Gasteiger partial charge in [-0.3, -0.25) is 4.90 Å². The molecule has 0 saturated heterocycles. The highest BCUT2D eigenvalue weighted by Gasteiger charge is 2.41. The highest BCUT2D eigenvalue weighted by atomic mass is 19.1. The third kappa shape index (κ3) is 4.17. The molecule has 0 atom stereocenters. The first-order chi connectivity index (χ1) is 13.0. The van der Waals surface area contributed by atoms with E-state index < -0.39 is 0 Å². The van der Waals surface area contributed by atoms with Crippen LogP contribution < -0.4 is 4.74 Å². The van der Waals surface area contributed by atoms with Gasteiger partial charge in [0.25, 0.3) is 0 Å². The van der Waals surface area contributed by atoms with E-state index in [0.29, 0.717) is 6.04 Å². The summed E-state index contributed by atoms with van der Waals surface area (Å²) >= 11 is 0. The molecule has 1 fully saturated rings. The van der Waals surface area contributed by atoms with Crippen molar-refractivity contribution < 1.29 is 9.13 Å². The van der Waals surface area contributed by atoms with Gasteiger partial charge in [-0.15, -0.1) is 0 Å². The largest absolute Gasteiger partial charge is 0.486 e. The van der Waals surface area contributed by atoms with Gasteiger partial charge in [0.15, 0.2) is 0 Å². The molecule has 0 radical (unpaired) electrons. The molecule has 3 nitrogen and oxygen atoms in total. The third-order valence-corrected chi connectivity index (χ3v) is 6.12. The van der Waals surface area contributed by atoms with Crippen LogP contribution in [-0.4, -0.2) is 42.1 Å². The minimum atomic E-state index is -0.179. The summed E-state index contributed by atoms with van der Waals surface area (Å²) in [6, 6.07) is 15.9. The molecule has 0 unspecified atom stereocenters. The van der Waals surface area contributed by atoms with Crippen LogP contribution in [0.25, 0.3) is 0 Å². The van der Waals surface area contributed by atoms with Gasteiger partial charge in [-0.25, -0.2) is 4.39 Å². The Labute approximate surface area is 161 Å². The van der Waals surface area contributed by atoms with E-state index in [-0.39, 0.29) is 11.4 Å². The zero-order valence-electron chi connectivity index (χ0n) is 16.3. The van der Waals surface area contributed by atoms with E-state index >= 15 is 0 Å². The van der Waals surface area contributed by atoms with Crippen LogP contribution in [0.5, 0.6) is 5.75 Å². The molecule has 1 spiro atoms. The topological polar surface area (TPSA) is 15.7 Å². The molecule has 1 heterocycles. The van der Waals surface area contributed by atoms with Crippen molar-refractivity contribution in [2.45, 2.75) is 50.4 Å². The number of para-hydroxylation sites is 1.